The molecule has 2 aromatic carbocycles. The van der Waals surface area contributed by atoms with Crippen molar-refractivity contribution in [2.45, 2.75) is 6.54 Å². The van der Waals surface area contributed by atoms with E-state index < -0.39 is 4.92 Å². The molecule has 0 atom stereocenters. The predicted molar refractivity (Wildman–Crippen MR) is 72.2 cm³/mol. The van der Waals surface area contributed by atoms with E-state index >= 15 is 0 Å². The van der Waals surface area contributed by atoms with Gasteiger partial charge in [0.1, 0.15) is 5.82 Å². The van der Waals surface area contributed by atoms with Crippen LogP contribution in [-0.2, 0) is 6.54 Å². The highest BCUT2D eigenvalue weighted by Crippen LogP contribution is 2.28. The normalized spacial score (nSPS) is 10.7. The van der Waals surface area contributed by atoms with Gasteiger partial charge in [-0.25, -0.2) is 9.02 Å². The van der Waals surface area contributed by atoms with Crippen LogP contribution in [0.15, 0.2) is 41.0 Å². The van der Waals surface area contributed by atoms with Gasteiger partial charge in [0.15, 0.2) is 5.52 Å². The molecule has 0 radical (unpaired) electrons. The van der Waals surface area contributed by atoms with Crippen molar-refractivity contribution in [2.24, 2.45) is 0 Å². The molecule has 0 fully saturated rings. The fraction of sp³-hybridized carbons (Fsp3) is 0.0769. The Morgan fingerprint density at radius 3 is 2.57 bits per heavy atom. The molecule has 0 aliphatic rings. The highest BCUT2D eigenvalue weighted by atomic mass is 19.1. The number of non-ortho nitro benzene ring substituents is 1. The van der Waals surface area contributed by atoms with Crippen LogP contribution in [0.3, 0.4) is 0 Å². The summed E-state index contributed by atoms with van der Waals surface area (Å²) in [5.41, 5.74) is 1.62. The van der Waals surface area contributed by atoms with Crippen molar-refractivity contribution in [3.8, 4) is 0 Å². The van der Waals surface area contributed by atoms with Gasteiger partial charge >= 0.3 is 5.69 Å². The quantitative estimate of drug-likeness (QED) is 0.586. The number of hydrogen-bond donors (Lipinski definition) is 1. The van der Waals surface area contributed by atoms with E-state index in [1.165, 1.54) is 24.3 Å². The number of anilines is 1. The second-order valence-corrected chi connectivity index (χ2v) is 4.33. The van der Waals surface area contributed by atoms with E-state index in [1.54, 1.807) is 12.1 Å². The van der Waals surface area contributed by atoms with E-state index in [2.05, 4.69) is 20.3 Å². The first-order chi connectivity index (χ1) is 10.1. The molecule has 21 heavy (non-hydrogen) atoms. The number of nitrogens with one attached hydrogen (secondary N) is 1. The Hall–Kier alpha value is -3.03. The van der Waals surface area contributed by atoms with E-state index in [-0.39, 0.29) is 22.5 Å². The molecule has 1 N–H and O–H groups in total. The van der Waals surface area contributed by atoms with Crippen molar-refractivity contribution < 1.29 is 13.9 Å². The first-order valence-electron chi connectivity index (χ1n) is 6.03. The maximum atomic E-state index is 12.8. The van der Waals surface area contributed by atoms with Crippen LogP contribution in [0, 0.1) is 15.9 Å². The lowest BCUT2D eigenvalue weighted by molar-refractivity contribution is -0.383. The monoisotopic (exact) mass is 288 g/mol. The summed E-state index contributed by atoms with van der Waals surface area (Å²) in [6.45, 7) is 0.417. The van der Waals surface area contributed by atoms with Gasteiger partial charge in [-0.05, 0) is 34.1 Å². The number of fused-ring (bicyclic) bond motifs is 1. The summed E-state index contributed by atoms with van der Waals surface area (Å²) in [5.74, 6) is -0.308. The van der Waals surface area contributed by atoms with Crippen molar-refractivity contribution in [3.05, 3.63) is 57.9 Å². The van der Waals surface area contributed by atoms with Gasteiger partial charge < -0.3 is 5.32 Å². The molecule has 0 amide bonds. The molecule has 0 saturated heterocycles. The van der Waals surface area contributed by atoms with Crippen molar-refractivity contribution >= 4 is 22.4 Å². The third-order valence-electron chi connectivity index (χ3n) is 2.99. The van der Waals surface area contributed by atoms with Crippen molar-refractivity contribution in [1.82, 2.24) is 10.3 Å². The molecule has 0 spiro atoms. The Morgan fingerprint density at radius 2 is 1.86 bits per heavy atom. The van der Waals surface area contributed by atoms with Gasteiger partial charge in [-0.15, -0.1) is 0 Å². The highest BCUT2D eigenvalue weighted by molar-refractivity contribution is 5.93. The first-order valence-corrected chi connectivity index (χ1v) is 6.03. The lowest BCUT2D eigenvalue weighted by Crippen LogP contribution is -2.01. The van der Waals surface area contributed by atoms with Gasteiger partial charge in [0.05, 0.1) is 10.6 Å². The zero-order chi connectivity index (χ0) is 14.8. The topological polar surface area (TPSA) is 94.1 Å². The van der Waals surface area contributed by atoms with Crippen molar-refractivity contribution in [3.63, 3.8) is 0 Å². The minimum atomic E-state index is -0.545. The average Bonchev–Trinajstić information content (AvgIpc) is 2.95. The van der Waals surface area contributed by atoms with Crippen LogP contribution in [0.25, 0.3) is 11.0 Å². The standard InChI is InChI=1S/C13H9FN4O3/c14-9-3-1-8(2-4-9)7-15-10-5-6-11(18(19)20)13-12(10)16-21-17-13/h1-6,15H,7H2. The zero-order valence-electron chi connectivity index (χ0n) is 10.6. The Bertz CT molecular complexity index is 801. The number of rotatable bonds is 4. The maximum absolute atomic E-state index is 12.8. The largest absolute Gasteiger partial charge is 0.379 e. The summed E-state index contributed by atoms with van der Waals surface area (Å²) in [5, 5.41) is 21.2. The van der Waals surface area contributed by atoms with Crippen LogP contribution in [0.5, 0.6) is 0 Å². The molecule has 7 nitrogen and oxygen atoms in total. The first kappa shape index (κ1) is 13.0. The molecule has 3 aromatic rings. The molecular weight excluding hydrogens is 279 g/mol. The van der Waals surface area contributed by atoms with E-state index in [1.807, 2.05) is 0 Å². The number of aromatic nitrogens is 2. The fourth-order valence-electron chi connectivity index (χ4n) is 1.94. The molecular formula is C13H9FN4O3. The number of benzene rings is 2. The Kier molecular flexibility index (Phi) is 3.19. The lowest BCUT2D eigenvalue weighted by Gasteiger charge is -2.06. The average molecular weight is 288 g/mol. The number of nitrogens with zero attached hydrogens (tertiary/aromatic N) is 3. The summed E-state index contributed by atoms with van der Waals surface area (Å²) in [6, 6.07) is 8.88. The second kappa shape index (κ2) is 5.16. The number of hydrogen-bond acceptors (Lipinski definition) is 6. The Balaban J connectivity index is 1.88. The van der Waals surface area contributed by atoms with Crippen molar-refractivity contribution in [1.29, 1.82) is 0 Å². The van der Waals surface area contributed by atoms with Crippen LogP contribution in [0.2, 0.25) is 0 Å². The molecule has 0 saturated carbocycles. The minimum Gasteiger partial charge on any atom is -0.379 e. The van der Waals surface area contributed by atoms with Crippen LogP contribution in [0.1, 0.15) is 5.56 Å². The fourth-order valence-corrected chi connectivity index (χ4v) is 1.94. The van der Waals surface area contributed by atoms with Gasteiger partial charge in [-0.1, -0.05) is 12.1 Å². The van der Waals surface area contributed by atoms with Crippen LogP contribution in [0.4, 0.5) is 15.8 Å². The highest BCUT2D eigenvalue weighted by Gasteiger charge is 2.19. The Morgan fingerprint density at radius 1 is 1.14 bits per heavy atom. The number of nitro groups is 1. The van der Waals surface area contributed by atoms with E-state index in [0.717, 1.165) is 5.56 Å². The van der Waals surface area contributed by atoms with Gasteiger partial charge in [-0.2, -0.15) is 0 Å². The maximum Gasteiger partial charge on any atom is 0.300 e. The summed E-state index contributed by atoms with van der Waals surface area (Å²) in [6.07, 6.45) is 0. The van der Waals surface area contributed by atoms with E-state index in [9.17, 15) is 14.5 Å². The summed E-state index contributed by atoms with van der Waals surface area (Å²) >= 11 is 0. The molecule has 106 valence electrons. The molecule has 0 unspecified atom stereocenters. The van der Waals surface area contributed by atoms with E-state index in [0.29, 0.717) is 12.2 Å². The van der Waals surface area contributed by atoms with Gasteiger partial charge in [0.25, 0.3) is 0 Å². The molecule has 1 heterocycles. The smallest absolute Gasteiger partial charge is 0.300 e. The molecule has 0 bridgehead atoms. The van der Waals surface area contributed by atoms with Crippen molar-refractivity contribution in [2.75, 3.05) is 5.32 Å². The number of nitro benzene ring substituents is 1. The molecule has 0 aliphatic heterocycles. The summed E-state index contributed by atoms with van der Waals surface area (Å²) < 4.78 is 17.4. The molecule has 8 heteroatoms. The van der Waals surface area contributed by atoms with Crippen LogP contribution in [-0.4, -0.2) is 15.2 Å². The molecule has 1 aromatic heterocycles. The summed E-state index contributed by atoms with van der Waals surface area (Å²) in [7, 11) is 0. The third-order valence-corrected chi connectivity index (χ3v) is 2.99. The minimum absolute atomic E-state index is 0.0871. The van der Waals surface area contributed by atoms with Crippen LogP contribution >= 0.6 is 0 Å². The van der Waals surface area contributed by atoms with Gasteiger partial charge in [0.2, 0.25) is 5.52 Å². The predicted octanol–water partition coefficient (Wildman–Crippen LogP) is 2.88. The summed E-state index contributed by atoms with van der Waals surface area (Å²) in [4.78, 5) is 10.3. The van der Waals surface area contributed by atoms with Gasteiger partial charge in [0, 0.05) is 12.6 Å². The number of halogens is 1. The van der Waals surface area contributed by atoms with Crippen LogP contribution < -0.4 is 5.32 Å². The molecule has 3 rings (SSSR count). The lowest BCUT2D eigenvalue weighted by atomic mass is 10.2. The zero-order valence-corrected chi connectivity index (χ0v) is 10.6. The van der Waals surface area contributed by atoms with E-state index in [4.69, 9.17) is 0 Å². The molecule has 0 aliphatic carbocycles. The Labute approximate surface area is 117 Å². The van der Waals surface area contributed by atoms with Gasteiger partial charge in [-0.3, -0.25) is 10.1 Å². The second-order valence-electron chi connectivity index (χ2n) is 4.33. The SMILES string of the molecule is O=[N+]([O-])c1ccc(NCc2ccc(F)cc2)c2nonc12. The third kappa shape index (κ3) is 2.50.